The topological polar surface area (TPSA) is 78.9 Å². The summed E-state index contributed by atoms with van der Waals surface area (Å²) in [7, 11) is 0. The maximum absolute atomic E-state index is 12.6. The SMILES string of the molecule is CCNc1ccc(-c2cnc(NCc3ccc(C(F)(F)F)nc3)cc2C)c2c1C(=O)NC2. The maximum atomic E-state index is 12.6. The average molecular weight is 441 g/mol. The van der Waals surface area contributed by atoms with Crippen molar-refractivity contribution in [1.82, 2.24) is 15.3 Å². The number of hydrogen-bond donors (Lipinski definition) is 3. The van der Waals surface area contributed by atoms with Gasteiger partial charge in [-0.1, -0.05) is 12.1 Å². The zero-order valence-corrected chi connectivity index (χ0v) is 17.6. The smallest absolute Gasteiger partial charge is 0.385 e. The molecule has 4 rings (SSSR count). The molecule has 0 aliphatic carbocycles. The van der Waals surface area contributed by atoms with E-state index in [1.807, 2.05) is 32.0 Å². The molecule has 32 heavy (non-hydrogen) atoms. The third-order valence-electron chi connectivity index (χ3n) is 5.32. The number of aromatic nitrogens is 2. The lowest BCUT2D eigenvalue weighted by molar-refractivity contribution is -0.141. The molecular formula is C23H22F3N5O. The van der Waals surface area contributed by atoms with Crippen LogP contribution in [-0.4, -0.2) is 22.4 Å². The van der Waals surface area contributed by atoms with Gasteiger partial charge in [0.25, 0.3) is 5.91 Å². The van der Waals surface area contributed by atoms with E-state index in [0.29, 0.717) is 36.6 Å². The molecule has 1 aromatic carbocycles. The molecule has 1 amide bonds. The Labute approximate surface area is 183 Å². The summed E-state index contributed by atoms with van der Waals surface area (Å²) in [6, 6.07) is 8.13. The number of nitrogens with zero attached hydrogens (tertiary/aromatic N) is 2. The van der Waals surface area contributed by atoms with E-state index in [4.69, 9.17) is 0 Å². The summed E-state index contributed by atoms with van der Waals surface area (Å²) in [5.74, 6) is 0.508. The molecule has 0 radical (unpaired) electrons. The first-order valence-electron chi connectivity index (χ1n) is 10.2. The number of anilines is 2. The fourth-order valence-electron chi connectivity index (χ4n) is 3.76. The van der Waals surface area contributed by atoms with E-state index in [1.165, 1.54) is 12.3 Å². The van der Waals surface area contributed by atoms with Crippen LogP contribution in [0.5, 0.6) is 0 Å². The molecule has 0 bridgehead atoms. The molecule has 3 aromatic rings. The number of carbonyl (C=O) groups is 1. The van der Waals surface area contributed by atoms with Gasteiger partial charge in [-0.15, -0.1) is 0 Å². The van der Waals surface area contributed by atoms with Gasteiger partial charge < -0.3 is 16.0 Å². The van der Waals surface area contributed by atoms with Crippen LogP contribution in [0.1, 0.15) is 39.7 Å². The Morgan fingerprint density at radius 3 is 2.53 bits per heavy atom. The number of rotatable bonds is 6. The Morgan fingerprint density at radius 2 is 1.88 bits per heavy atom. The van der Waals surface area contributed by atoms with Crippen molar-refractivity contribution in [3.05, 3.63) is 70.7 Å². The highest BCUT2D eigenvalue weighted by Gasteiger charge is 2.32. The van der Waals surface area contributed by atoms with Gasteiger partial charge in [0.05, 0.1) is 5.56 Å². The molecule has 3 heterocycles. The zero-order valence-electron chi connectivity index (χ0n) is 17.6. The molecule has 166 valence electrons. The predicted octanol–water partition coefficient (Wildman–Crippen LogP) is 4.76. The number of aryl methyl sites for hydroxylation is 1. The van der Waals surface area contributed by atoms with Crippen LogP contribution in [-0.2, 0) is 19.3 Å². The number of halogens is 3. The number of pyridine rings is 2. The molecule has 0 atom stereocenters. The molecule has 1 aliphatic rings. The van der Waals surface area contributed by atoms with E-state index in [0.717, 1.165) is 34.0 Å². The van der Waals surface area contributed by atoms with Crippen molar-refractivity contribution in [2.75, 3.05) is 17.2 Å². The highest BCUT2D eigenvalue weighted by Crippen LogP contribution is 2.35. The molecule has 0 spiro atoms. The first-order chi connectivity index (χ1) is 15.3. The van der Waals surface area contributed by atoms with Crippen LogP contribution in [0.15, 0.2) is 42.7 Å². The first-order valence-corrected chi connectivity index (χ1v) is 10.2. The molecule has 0 saturated heterocycles. The predicted molar refractivity (Wildman–Crippen MR) is 116 cm³/mol. The number of alkyl halides is 3. The van der Waals surface area contributed by atoms with Crippen LogP contribution >= 0.6 is 0 Å². The summed E-state index contributed by atoms with van der Waals surface area (Å²) >= 11 is 0. The number of hydrogen-bond acceptors (Lipinski definition) is 5. The first kappa shape index (κ1) is 21.6. The van der Waals surface area contributed by atoms with E-state index in [1.54, 1.807) is 6.20 Å². The Bertz CT molecular complexity index is 1160. The fraction of sp³-hybridized carbons (Fsp3) is 0.261. The summed E-state index contributed by atoms with van der Waals surface area (Å²) in [4.78, 5) is 20.3. The molecule has 6 nitrogen and oxygen atoms in total. The van der Waals surface area contributed by atoms with Crippen molar-refractivity contribution in [3.8, 4) is 11.1 Å². The Morgan fingerprint density at radius 1 is 1.06 bits per heavy atom. The van der Waals surface area contributed by atoms with Crippen LogP contribution in [0, 0.1) is 6.92 Å². The van der Waals surface area contributed by atoms with Crippen molar-refractivity contribution >= 4 is 17.4 Å². The maximum Gasteiger partial charge on any atom is 0.433 e. The third kappa shape index (κ3) is 4.23. The van der Waals surface area contributed by atoms with Gasteiger partial charge in [0, 0.05) is 43.3 Å². The lowest BCUT2D eigenvalue weighted by Gasteiger charge is -2.15. The molecule has 1 aliphatic heterocycles. The standard InChI is InChI=1S/C23H22F3N5O/c1-3-27-18-6-5-15(17-12-31-22(32)21(17)18)16-11-30-20(8-13(16)2)29-10-14-4-7-19(28-9-14)23(24,25)26/h4-9,11,27H,3,10,12H2,1-2H3,(H,29,30)(H,31,32). The molecular weight excluding hydrogens is 419 g/mol. The van der Waals surface area contributed by atoms with Gasteiger partial charge in [0.1, 0.15) is 11.5 Å². The number of nitrogens with one attached hydrogen (secondary N) is 3. The minimum absolute atomic E-state index is 0.0909. The van der Waals surface area contributed by atoms with E-state index < -0.39 is 11.9 Å². The van der Waals surface area contributed by atoms with Crippen molar-refractivity contribution < 1.29 is 18.0 Å². The molecule has 2 aromatic heterocycles. The average Bonchev–Trinajstić information content (AvgIpc) is 3.15. The molecule has 0 fully saturated rings. The van der Waals surface area contributed by atoms with E-state index in [9.17, 15) is 18.0 Å². The molecule has 9 heteroatoms. The van der Waals surface area contributed by atoms with Crippen LogP contribution in [0.2, 0.25) is 0 Å². The lowest BCUT2D eigenvalue weighted by Crippen LogP contribution is -2.14. The van der Waals surface area contributed by atoms with Crippen molar-refractivity contribution in [3.63, 3.8) is 0 Å². The van der Waals surface area contributed by atoms with Gasteiger partial charge in [-0.25, -0.2) is 4.98 Å². The minimum atomic E-state index is -4.45. The van der Waals surface area contributed by atoms with Gasteiger partial charge in [-0.2, -0.15) is 13.2 Å². The van der Waals surface area contributed by atoms with Crippen LogP contribution in [0.4, 0.5) is 24.7 Å². The molecule has 0 unspecified atom stereocenters. The summed E-state index contributed by atoms with van der Waals surface area (Å²) in [5.41, 5.74) is 4.95. The quantitative estimate of drug-likeness (QED) is 0.514. The number of benzene rings is 1. The van der Waals surface area contributed by atoms with Gasteiger partial charge in [0.15, 0.2) is 0 Å². The Kier molecular flexibility index (Phi) is 5.73. The van der Waals surface area contributed by atoms with Crippen LogP contribution < -0.4 is 16.0 Å². The summed E-state index contributed by atoms with van der Waals surface area (Å²) in [6.07, 6.45) is -1.50. The Balaban J connectivity index is 1.54. The van der Waals surface area contributed by atoms with E-state index >= 15 is 0 Å². The number of carbonyl (C=O) groups excluding carboxylic acids is 1. The fourth-order valence-corrected chi connectivity index (χ4v) is 3.76. The van der Waals surface area contributed by atoms with Crippen molar-refractivity contribution in [2.24, 2.45) is 0 Å². The van der Waals surface area contributed by atoms with E-state index in [2.05, 4.69) is 25.9 Å². The second-order valence-corrected chi connectivity index (χ2v) is 7.51. The van der Waals surface area contributed by atoms with E-state index in [-0.39, 0.29) is 5.91 Å². The molecule has 0 saturated carbocycles. The van der Waals surface area contributed by atoms with Crippen LogP contribution in [0.3, 0.4) is 0 Å². The van der Waals surface area contributed by atoms with Gasteiger partial charge in [-0.3, -0.25) is 9.78 Å². The van der Waals surface area contributed by atoms with Gasteiger partial charge in [0.2, 0.25) is 0 Å². The highest BCUT2D eigenvalue weighted by atomic mass is 19.4. The van der Waals surface area contributed by atoms with Crippen molar-refractivity contribution in [1.29, 1.82) is 0 Å². The second-order valence-electron chi connectivity index (χ2n) is 7.51. The highest BCUT2D eigenvalue weighted by molar-refractivity contribution is 6.05. The number of amides is 1. The normalized spacial score (nSPS) is 13.0. The Hall–Kier alpha value is -3.62. The summed E-state index contributed by atoms with van der Waals surface area (Å²) < 4.78 is 37.9. The largest absolute Gasteiger partial charge is 0.433 e. The summed E-state index contributed by atoms with van der Waals surface area (Å²) in [5, 5.41) is 9.23. The third-order valence-corrected chi connectivity index (χ3v) is 5.32. The minimum Gasteiger partial charge on any atom is -0.385 e. The second kappa shape index (κ2) is 8.49. The number of fused-ring (bicyclic) bond motifs is 1. The van der Waals surface area contributed by atoms with Gasteiger partial charge in [-0.05, 0) is 54.3 Å². The van der Waals surface area contributed by atoms with Crippen LogP contribution in [0.25, 0.3) is 11.1 Å². The lowest BCUT2D eigenvalue weighted by atomic mass is 9.94. The monoisotopic (exact) mass is 441 g/mol. The summed E-state index contributed by atoms with van der Waals surface area (Å²) in [6.45, 7) is 5.41. The van der Waals surface area contributed by atoms with Gasteiger partial charge >= 0.3 is 6.18 Å². The molecule has 3 N–H and O–H groups in total. The zero-order chi connectivity index (χ0) is 22.9. The van der Waals surface area contributed by atoms with Crippen molar-refractivity contribution in [2.45, 2.75) is 33.1 Å².